The standard InChI is InChI=1S/2C18H14F3.C2H6Si.2ClH.Zr/c2*1-2-12-10-14-4-3-5-16(17(14)11-12)13-6-8-15(9-7-13)18(19,20)21;1-3-2;;;/h2*3-11H,2H2,1H3;1-2H3;2*1H;/q2*-1;;;;+2/p-2. The number of aryl methyl sites for hydroxylation is 2. The van der Waals surface area contributed by atoms with E-state index in [-0.39, 0.29) is 30.2 Å². The van der Waals surface area contributed by atoms with Crippen molar-refractivity contribution in [3.05, 3.63) is 131 Å². The zero-order chi connectivity index (χ0) is 33.6. The van der Waals surface area contributed by atoms with E-state index in [0.29, 0.717) is 0 Å². The number of alkyl halides is 6. The second-order valence-corrected chi connectivity index (χ2v) is 20.6. The molecule has 0 saturated carbocycles. The average molecular weight is 795 g/mol. The molecule has 0 atom stereocenters. The van der Waals surface area contributed by atoms with Gasteiger partial charge < -0.3 is 24.8 Å². The average Bonchev–Trinajstić information content (AvgIpc) is 3.64. The van der Waals surface area contributed by atoms with Crippen molar-refractivity contribution in [1.29, 1.82) is 0 Å². The molecule has 0 heterocycles. The third kappa shape index (κ3) is 10.7. The summed E-state index contributed by atoms with van der Waals surface area (Å²) in [5.41, 5.74) is 5.02. The first-order valence-corrected chi connectivity index (χ1v) is 21.1. The molecule has 6 aromatic carbocycles. The normalized spacial score (nSPS) is 11.1. The molecular weight excluding hydrogens is 761 g/mol. The minimum Gasteiger partial charge on any atom is -1.00 e. The number of benzene rings is 4. The van der Waals surface area contributed by atoms with Crippen molar-refractivity contribution in [2.24, 2.45) is 0 Å². The Kier molecular flexibility index (Phi) is 15.4. The molecule has 0 radical (unpaired) electrons. The van der Waals surface area contributed by atoms with Gasteiger partial charge in [-0.05, 0) is 48.2 Å². The van der Waals surface area contributed by atoms with Crippen LogP contribution in [0.1, 0.15) is 36.1 Å². The van der Waals surface area contributed by atoms with Gasteiger partial charge in [-0.3, -0.25) is 0 Å². The summed E-state index contributed by atoms with van der Waals surface area (Å²) in [7, 11) is 0. The van der Waals surface area contributed by atoms with Crippen LogP contribution in [0.2, 0.25) is 13.1 Å². The molecule has 0 aromatic heterocycles. The number of fused-ring (bicyclic) bond motifs is 2. The maximum absolute atomic E-state index is 12.6. The summed E-state index contributed by atoms with van der Waals surface area (Å²) in [5, 5.41) is 4.44. The van der Waals surface area contributed by atoms with Crippen LogP contribution in [0.5, 0.6) is 0 Å². The Labute approximate surface area is 305 Å². The quantitative estimate of drug-likeness (QED) is 0.110. The summed E-state index contributed by atoms with van der Waals surface area (Å²) >= 11 is 1.74. The van der Waals surface area contributed by atoms with Gasteiger partial charge in [0, 0.05) is 0 Å². The van der Waals surface area contributed by atoms with Gasteiger partial charge in [-0.1, -0.05) is 61.4 Å². The number of hydrogen-bond donors (Lipinski definition) is 0. The molecule has 48 heavy (non-hydrogen) atoms. The molecule has 0 bridgehead atoms. The van der Waals surface area contributed by atoms with Crippen LogP contribution >= 0.6 is 0 Å². The Morgan fingerprint density at radius 1 is 0.562 bits per heavy atom. The molecule has 0 aliphatic heterocycles. The molecule has 0 saturated heterocycles. The Morgan fingerprint density at radius 3 is 1.15 bits per heavy atom. The summed E-state index contributed by atoms with van der Waals surface area (Å²) < 4.78 is 75.7. The minimum atomic E-state index is -4.29. The Bertz CT molecular complexity index is 1780. The van der Waals surface area contributed by atoms with E-state index in [1.165, 1.54) is 35.4 Å². The molecule has 0 N–H and O–H groups in total. The minimum absolute atomic E-state index is 0. The predicted molar refractivity (Wildman–Crippen MR) is 176 cm³/mol. The first-order chi connectivity index (χ1) is 21.7. The van der Waals surface area contributed by atoms with E-state index < -0.39 is 23.5 Å². The van der Waals surface area contributed by atoms with Crippen LogP contribution in [0, 0.1) is 0 Å². The van der Waals surface area contributed by atoms with Gasteiger partial charge in [0.05, 0.1) is 11.1 Å². The van der Waals surface area contributed by atoms with Gasteiger partial charge in [-0.15, -0.1) is 69.1 Å². The number of halogens is 8. The van der Waals surface area contributed by atoms with Crippen LogP contribution < -0.4 is 24.8 Å². The number of rotatable bonds is 4. The fraction of sp³-hybridized carbons (Fsp3) is 0.211. The largest absolute Gasteiger partial charge is 1.00 e. The van der Waals surface area contributed by atoms with Gasteiger partial charge >= 0.3 is 54.2 Å². The van der Waals surface area contributed by atoms with Crippen LogP contribution in [-0.4, -0.2) is 5.43 Å². The van der Waals surface area contributed by atoms with Crippen molar-refractivity contribution in [2.45, 2.75) is 52.1 Å². The predicted octanol–water partition coefficient (Wildman–Crippen LogP) is 6.41. The van der Waals surface area contributed by atoms with Gasteiger partial charge in [0.2, 0.25) is 0 Å². The van der Waals surface area contributed by atoms with E-state index in [1.54, 1.807) is 23.3 Å². The van der Waals surface area contributed by atoms with Crippen molar-refractivity contribution < 1.29 is 74.5 Å². The maximum atomic E-state index is 12.6. The molecular formula is C38H34Cl2F6SiZr-2. The first kappa shape index (κ1) is 41.5. The van der Waals surface area contributed by atoms with E-state index in [1.807, 2.05) is 36.4 Å². The molecule has 252 valence electrons. The molecule has 6 rings (SSSR count). The first-order valence-electron chi connectivity index (χ1n) is 14.9. The summed E-state index contributed by atoms with van der Waals surface area (Å²) in [6.07, 6.45) is -6.69. The Balaban J connectivity index is 0.000000289. The Morgan fingerprint density at radius 2 is 0.875 bits per heavy atom. The number of hydrogen-bond acceptors (Lipinski definition) is 0. The van der Waals surface area contributed by atoms with Crippen LogP contribution in [0.15, 0.2) is 109 Å². The molecule has 6 aromatic rings. The molecule has 0 aliphatic rings. The zero-order valence-corrected chi connectivity index (χ0v) is 31.8. The van der Waals surface area contributed by atoms with Crippen LogP contribution in [0.25, 0.3) is 43.8 Å². The fourth-order valence-corrected chi connectivity index (χ4v) is 5.18. The van der Waals surface area contributed by atoms with Gasteiger partial charge in [0.15, 0.2) is 0 Å². The third-order valence-corrected chi connectivity index (χ3v) is 7.48. The second kappa shape index (κ2) is 17.8. The zero-order valence-electron chi connectivity index (χ0n) is 26.8. The van der Waals surface area contributed by atoms with Crippen LogP contribution in [0.3, 0.4) is 0 Å². The van der Waals surface area contributed by atoms with Gasteiger partial charge in [0.1, 0.15) is 0 Å². The van der Waals surface area contributed by atoms with Crippen LogP contribution in [-0.2, 0) is 48.5 Å². The van der Waals surface area contributed by atoms with Gasteiger partial charge in [0.25, 0.3) is 0 Å². The van der Waals surface area contributed by atoms with Crippen molar-refractivity contribution in [3.8, 4) is 22.3 Å². The molecule has 0 fully saturated rings. The van der Waals surface area contributed by atoms with E-state index >= 15 is 0 Å². The van der Waals surface area contributed by atoms with Crippen molar-refractivity contribution >= 4 is 27.0 Å². The SMILES string of the molecule is CCc1cc2c(-c3ccc(C(F)(F)F)cc3)cccc2[cH-]1.CCc1cc2c(-c3ccc(C(F)(F)F)cc3)cccc2[cH-]1.C[Si](C)=[Zr+2].[Cl-].[Cl-]. The molecule has 0 spiro atoms. The summed E-state index contributed by atoms with van der Waals surface area (Å²) in [5.74, 6) is 0. The molecule has 0 aliphatic carbocycles. The molecule has 0 unspecified atom stereocenters. The topological polar surface area (TPSA) is 0 Å². The maximum Gasteiger partial charge on any atom is -1.00 e. The monoisotopic (exact) mass is 792 g/mol. The van der Waals surface area contributed by atoms with E-state index in [4.69, 9.17) is 0 Å². The second-order valence-electron chi connectivity index (χ2n) is 11.2. The molecule has 0 nitrogen and oxygen atoms in total. The fourth-order valence-electron chi connectivity index (χ4n) is 5.18. The molecule has 0 amide bonds. The van der Waals surface area contributed by atoms with Gasteiger partial charge in [-0.25, -0.2) is 0 Å². The van der Waals surface area contributed by atoms with Crippen LogP contribution in [0.4, 0.5) is 26.3 Å². The summed E-state index contributed by atoms with van der Waals surface area (Å²) in [6.45, 7) is 8.80. The van der Waals surface area contributed by atoms with E-state index in [2.05, 4.69) is 51.2 Å². The van der Waals surface area contributed by atoms with Crippen molar-refractivity contribution in [3.63, 3.8) is 0 Å². The summed E-state index contributed by atoms with van der Waals surface area (Å²) in [4.78, 5) is 0. The van der Waals surface area contributed by atoms with E-state index in [0.717, 1.165) is 80.9 Å². The Hall–Kier alpha value is -2.64. The third-order valence-electron chi connectivity index (χ3n) is 7.48. The van der Waals surface area contributed by atoms with Crippen molar-refractivity contribution in [2.75, 3.05) is 0 Å². The van der Waals surface area contributed by atoms with Crippen molar-refractivity contribution in [1.82, 2.24) is 0 Å². The smallest absolute Gasteiger partial charge is 1.00 e. The summed E-state index contributed by atoms with van der Waals surface area (Å²) in [6, 6.07) is 31.0. The van der Waals surface area contributed by atoms with Gasteiger partial charge in [-0.2, -0.15) is 38.5 Å². The molecule has 10 heteroatoms. The van der Waals surface area contributed by atoms with E-state index in [9.17, 15) is 26.3 Å².